The first-order valence-corrected chi connectivity index (χ1v) is 3.71. The molecule has 2 fully saturated rings. The Balaban J connectivity index is 2.05. The van der Waals surface area contributed by atoms with Crippen LogP contribution in [0.3, 0.4) is 0 Å². The predicted octanol–water partition coefficient (Wildman–Crippen LogP) is 0.213. The van der Waals surface area contributed by atoms with Gasteiger partial charge in [0.2, 0.25) is 0 Å². The van der Waals surface area contributed by atoms with E-state index in [9.17, 15) is 4.79 Å². The van der Waals surface area contributed by atoms with Crippen LogP contribution in [-0.2, 0) is 4.79 Å². The fourth-order valence-corrected chi connectivity index (χ4v) is 1.94. The summed E-state index contributed by atoms with van der Waals surface area (Å²) in [7, 11) is 0. The van der Waals surface area contributed by atoms with Crippen LogP contribution in [0.4, 0.5) is 0 Å². The molecule has 2 N–H and O–H groups in total. The lowest BCUT2D eigenvalue weighted by molar-refractivity contribution is -0.152. The Bertz CT molecular complexity index is 169. The number of aliphatic carboxylic acids is 1. The fourth-order valence-electron chi connectivity index (χ4n) is 1.94. The van der Waals surface area contributed by atoms with Gasteiger partial charge in [-0.05, 0) is 12.8 Å². The second-order valence-electron chi connectivity index (χ2n) is 3.37. The van der Waals surface area contributed by atoms with E-state index in [2.05, 4.69) is 5.32 Å². The summed E-state index contributed by atoms with van der Waals surface area (Å²) in [6.45, 7) is 0.921. The molecule has 2 aliphatic rings. The van der Waals surface area contributed by atoms with Gasteiger partial charge in [0.05, 0.1) is 0 Å². The molecule has 1 saturated heterocycles. The normalized spacial score (nSPS) is 34.6. The summed E-state index contributed by atoms with van der Waals surface area (Å²) in [6.07, 6.45) is 3.43. The van der Waals surface area contributed by atoms with Crippen molar-refractivity contribution < 1.29 is 9.90 Å². The SMILES string of the molecule is O=C(O)C1NCC12CCC2. The van der Waals surface area contributed by atoms with Crippen LogP contribution in [0.2, 0.25) is 0 Å². The van der Waals surface area contributed by atoms with Gasteiger partial charge in [-0.15, -0.1) is 0 Å². The van der Waals surface area contributed by atoms with Crippen molar-refractivity contribution in [2.45, 2.75) is 25.3 Å². The highest BCUT2D eigenvalue weighted by atomic mass is 16.4. The largest absolute Gasteiger partial charge is 0.480 e. The van der Waals surface area contributed by atoms with Crippen molar-refractivity contribution in [1.82, 2.24) is 5.32 Å². The molecule has 0 aromatic rings. The predicted molar refractivity (Wildman–Crippen MR) is 35.7 cm³/mol. The van der Waals surface area contributed by atoms with Gasteiger partial charge in [0.1, 0.15) is 6.04 Å². The number of carbonyl (C=O) groups is 1. The van der Waals surface area contributed by atoms with E-state index in [0.29, 0.717) is 0 Å². The molecule has 1 aliphatic heterocycles. The zero-order chi connectivity index (χ0) is 7.19. The lowest BCUT2D eigenvalue weighted by Crippen LogP contribution is -2.68. The first kappa shape index (κ1) is 6.16. The Labute approximate surface area is 59.4 Å². The fraction of sp³-hybridized carbons (Fsp3) is 0.857. The van der Waals surface area contributed by atoms with Gasteiger partial charge in [-0.1, -0.05) is 6.42 Å². The van der Waals surface area contributed by atoms with E-state index < -0.39 is 5.97 Å². The van der Waals surface area contributed by atoms with Gasteiger partial charge in [-0.3, -0.25) is 4.79 Å². The molecule has 1 saturated carbocycles. The molecule has 2 rings (SSSR count). The van der Waals surface area contributed by atoms with Crippen LogP contribution in [0.1, 0.15) is 19.3 Å². The summed E-state index contributed by atoms with van der Waals surface area (Å²) in [5, 5.41) is 11.6. The van der Waals surface area contributed by atoms with Crippen LogP contribution >= 0.6 is 0 Å². The molecule has 1 spiro atoms. The molecule has 1 aliphatic carbocycles. The van der Waals surface area contributed by atoms with Crippen LogP contribution < -0.4 is 5.32 Å². The highest BCUT2D eigenvalue weighted by molar-refractivity contribution is 5.76. The van der Waals surface area contributed by atoms with Crippen molar-refractivity contribution in [1.29, 1.82) is 0 Å². The molecule has 0 amide bonds. The number of carboxylic acids is 1. The van der Waals surface area contributed by atoms with Crippen molar-refractivity contribution in [2.75, 3.05) is 6.54 Å². The molecule has 0 aromatic carbocycles. The van der Waals surface area contributed by atoms with E-state index in [1.807, 2.05) is 0 Å². The second kappa shape index (κ2) is 1.72. The smallest absolute Gasteiger partial charge is 0.321 e. The molecular weight excluding hydrogens is 130 g/mol. The first-order valence-electron chi connectivity index (χ1n) is 3.71. The second-order valence-corrected chi connectivity index (χ2v) is 3.37. The number of nitrogens with one attached hydrogen (secondary N) is 1. The van der Waals surface area contributed by atoms with E-state index in [1.54, 1.807) is 0 Å². The topological polar surface area (TPSA) is 49.3 Å². The maximum atomic E-state index is 10.5. The van der Waals surface area contributed by atoms with Gasteiger partial charge >= 0.3 is 5.97 Å². The maximum absolute atomic E-state index is 10.5. The summed E-state index contributed by atoms with van der Waals surface area (Å²) >= 11 is 0. The molecule has 3 nitrogen and oxygen atoms in total. The highest BCUT2D eigenvalue weighted by Gasteiger charge is 2.54. The van der Waals surface area contributed by atoms with Crippen LogP contribution in [0.5, 0.6) is 0 Å². The van der Waals surface area contributed by atoms with Gasteiger partial charge in [0, 0.05) is 12.0 Å². The third-order valence-corrected chi connectivity index (χ3v) is 2.87. The molecule has 0 radical (unpaired) electrons. The number of hydrogen-bond donors (Lipinski definition) is 2. The van der Waals surface area contributed by atoms with Gasteiger partial charge in [0.25, 0.3) is 0 Å². The van der Waals surface area contributed by atoms with Gasteiger partial charge in [0.15, 0.2) is 0 Å². The van der Waals surface area contributed by atoms with Gasteiger partial charge in [-0.2, -0.15) is 0 Å². The van der Waals surface area contributed by atoms with Crippen LogP contribution in [-0.4, -0.2) is 23.7 Å². The molecule has 0 bridgehead atoms. The third kappa shape index (κ3) is 0.560. The monoisotopic (exact) mass is 141 g/mol. The summed E-state index contributed by atoms with van der Waals surface area (Å²) in [6, 6.07) is -0.235. The van der Waals surface area contributed by atoms with Crippen LogP contribution in [0.25, 0.3) is 0 Å². The Hall–Kier alpha value is -0.570. The molecule has 0 aromatic heterocycles. The standard InChI is InChI=1S/C7H11NO2/c9-6(10)5-7(4-8-5)2-1-3-7/h5,8H,1-4H2,(H,9,10). The summed E-state index contributed by atoms with van der Waals surface area (Å²) in [4.78, 5) is 10.5. The van der Waals surface area contributed by atoms with E-state index in [1.165, 1.54) is 6.42 Å². The minimum Gasteiger partial charge on any atom is -0.480 e. The Morgan fingerprint density at radius 2 is 2.30 bits per heavy atom. The quantitative estimate of drug-likeness (QED) is 0.549. The molecule has 56 valence electrons. The summed E-state index contributed by atoms with van der Waals surface area (Å²) < 4.78 is 0. The van der Waals surface area contributed by atoms with Crippen molar-refractivity contribution in [3.05, 3.63) is 0 Å². The van der Waals surface area contributed by atoms with Crippen molar-refractivity contribution >= 4 is 5.97 Å². The lowest BCUT2D eigenvalue weighted by Gasteiger charge is -2.54. The van der Waals surface area contributed by atoms with E-state index in [0.717, 1.165) is 19.4 Å². The van der Waals surface area contributed by atoms with Gasteiger partial charge < -0.3 is 10.4 Å². The lowest BCUT2D eigenvalue weighted by atomic mass is 9.59. The minimum absolute atomic E-state index is 0.172. The number of hydrogen-bond acceptors (Lipinski definition) is 2. The Kier molecular flexibility index (Phi) is 1.06. The van der Waals surface area contributed by atoms with Crippen LogP contribution in [0.15, 0.2) is 0 Å². The van der Waals surface area contributed by atoms with Crippen molar-refractivity contribution in [3.63, 3.8) is 0 Å². The zero-order valence-electron chi connectivity index (χ0n) is 5.76. The zero-order valence-corrected chi connectivity index (χ0v) is 5.76. The van der Waals surface area contributed by atoms with Crippen molar-refractivity contribution in [3.8, 4) is 0 Å². The summed E-state index contributed by atoms with van der Waals surface area (Å²) in [5.41, 5.74) is 0.172. The van der Waals surface area contributed by atoms with E-state index in [-0.39, 0.29) is 11.5 Å². The molecule has 1 atom stereocenters. The molecule has 10 heavy (non-hydrogen) atoms. The van der Waals surface area contributed by atoms with Crippen LogP contribution in [0, 0.1) is 5.41 Å². The number of rotatable bonds is 1. The minimum atomic E-state index is -0.675. The van der Waals surface area contributed by atoms with Crippen molar-refractivity contribution in [2.24, 2.45) is 5.41 Å². The average Bonchev–Trinajstić information content (AvgIpc) is 1.53. The van der Waals surface area contributed by atoms with E-state index in [4.69, 9.17) is 5.11 Å². The highest BCUT2D eigenvalue weighted by Crippen LogP contribution is 2.48. The van der Waals surface area contributed by atoms with E-state index >= 15 is 0 Å². The molecule has 1 heterocycles. The molecule has 3 heteroatoms. The Morgan fingerprint density at radius 3 is 2.40 bits per heavy atom. The Morgan fingerprint density at radius 1 is 1.60 bits per heavy atom. The van der Waals surface area contributed by atoms with Gasteiger partial charge in [-0.25, -0.2) is 0 Å². The maximum Gasteiger partial charge on any atom is 0.321 e. The third-order valence-electron chi connectivity index (χ3n) is 2.87. The molecular formula is C7H11NO2. The number of carboxylic acid groups (broad SMARTS) is 1. The molecule has 1 unspecified atom stereocenters. The summed E-state index contributed by atoms with van der Waals surface area (Å²) in [5.74, 6) is -0.675. The average molecular weight is 141 g/mol. The first-order chi connectivity index (χ1) is 4.75.